The molecule has 1 aliphatic heterocycles. The first-order chi connectivity index (χ1) is 8.39. The van der Waals surface area contributed by atoms with Crippen molar-refractivity contribution in [3.8, 4) is 0 Å². The number of rotatable bonds is 3. The van der Waals surface area contributed by atoms with Crippen molar-refractivity contribution in [1.82, 2.24) is 9.97 Å². The molecule has 1 saturated heterocycles. The molecule has 2 heterocycles. The normalized spacial score (nSPS) is 22.3. The van der Waals surface area contributed by atoms with Crippen LogP contribution in [0.1, 0.15) is 31.7 Å². The Labute approximate surface area is 107 Å². The van der Waals surface area contributed by atoms with Crippen molar-refractivity contribution in [1.29, 1.82) is 0 Å². The predicted octanol–water partition coefficient (Wildman–Crippen LogP) is 0.781. The zero-order valence-corrected chi connectivity index (χ0v) is 11.4. The van der Waals surface area contributed by atoms with Gasteiger partial charge in [-0.25, -0.2) is 18.4 Å². The standard InChI is InChI=1S/C11H18N4O2S/c1-7(2)9-10(12)13-6-14-11(9)15-8-3-4-18(16,17)5-8/h6-8H,3-5H2,1-2H3,(H3,12,13,14,15). The van der Waals surface area contributed by atoms with Gasteiger partial charge in [0, 0.05) is 11.6 Å². The third kappa shape index (κ3) is 2.72. The molecule has 0 aliphatic carbocycles. The highest BCUT2D eigenvalue weighted by Crippen LogP contribution is 2.28. The Hall–Kier alpha value is -1.37. The summed E-state index contributed by atoms with van der Waals surface area (Å²) in [6, 6.07) is -0.0817. The van der Waals surface area contributed by atoms with Crippen molar-refractivity contribution >= 4 is 21.5 Å². The maximum atomic E-state index is 11.4. The zero-order valence-electron chi connectivity index (χ0n) is 10.5. The Bertz CT molecular complexity index is 542. The van der Waals surface area contributed by atoms with E-state index in [9.17, 15) is 8.42 Å². The highest BCUT2D eigenvalue weighted by Gasteiger charge is 2.28. The third-order valence-corrected chi connectivity index (χ3v) is 4.83. The van der Waals surface area contributed by atoms with Crippen LogP contribution < -0.4 is 11.1 Å². The summed E-state index contributed by atoms with van der Waals surface area (Å²) >= 11 is 0. The molecule has 3 N–H and O–H groups in total. The van der Waals surface area contributed by atoms with E-state index in [0.717, 1.165) is 5.56 Å². The second-order valence-corrected chi connectivity index (χ2v) is 7.15. The smallest absolute Gasteiger partial charge is 0.152 e. The Balaban J connectivity index is 2.22. The van der Waals surface area contributed by atoms with Crippen LogP contribution in [0.4, 0.5) is 11.6 Å². The molecule has 7 heteroatoms. The maximum absolute atomic E-state index is 11.4. The summed E-state index contributed by atoms with van der Waals surface area (Å²) in [6.07, 6.45) is 2.01. The molecular formula is C11H18N4O2S. The second-order valence-electron chi connectivity index (χ2n) is 4.92. The molecule has 0 radical (unpaired) electrons. The summed E-state index contributed by atoms with van der Waals surface area (Å²) < 4.78 is 22.8. The molecule has 1 aromatic rings. The highest BCUT2D eigenvalue weighted by atomic mass is 32.2. The minimum atomic E-state index is -2.90. The van der Waals surface area contributed by atoms with Crippen molar-refractivity contribution in [2.75, 3.05) is 22.6 Å². The molecule has 0 aromatic carbocycles. The van der Waals surface area contributed by atoms with E-state index in [1.807, 2.05) is 13.8 Å². The van der Waals surface area contributed by atoms with Crippen molar-refractivity contribution < 1.29 is 8.42 Å². The van der Waals surface area contributed by atoms with E-state index >= 15 is 0 Å². The summed E-state index contributed by atoms with van der Waals surface area (Å²) in [6.45, 7) is 4.01. The van der Waals surface area contributed by atoms with Gasteiger partial charge in [-0.1, -0.05) is 13.8 Å². The maximum Gasteiger partial charge on any atom is 0.152 e. The van der Waals surface area contributed by atoms with Gasteiger partial charge >= 0.3 is 0 Å². The Morgan fingerprint density at radius 2 is 2.17 bits per heavy atom. The molecule has 1 fully saturated rings. The van der Waals surface area contributed by atoms with Crippen LogP contribution >= 0.6 is 0 Å². The average Bonchev–Trinajstić information content (AvgIpc) is 2.57. The minimum absolute atomic E-state index is 0.0817. The molecule has 100 valence electrons. The van der Waals surface area contributed by atoms with Gasteiger partial charge in [0.2, 0.25) is 0 Å². The summed E-state index contributed by atoms with van der Waals surface area (Å²) in [5, 5.41) is 3.18. The molecule has 0 amide bonds. The van der Waals surface area contributed by atoms with E-state index < -0.39 is 9.84 Å². The first kappa shape index (κ1) is 13.1. The fraction of sp³-hybridized carbons (Fsp3) is 0.636. The van der Waals surface area contributed by atoms with E-state index in [2.05, 4.69) is 15.3 Å². The quantitative estimate of drug-likeness (QED) is 0.842. The molecule has 1 unspecified atom stereocenters. The molecule has 0 saturated carbocycles. The average molecular weight is 270 g/mol. The van der Waals surface area contributed by atoms with Gasteiger partial charge in [-0.05, 0) is 12.3 Å². The number of hydrogen-bond donors (Lipinski definition) is 2. The van der Waals surface area contributed by atoms with Gasteiger partial charge in [-0.15, -0.1) is 0 Å². The van der Waals surface area contributed by atoms with Crippen LogP contribution in [0.15, 0.2) is 6.33 Å². The van der Waals surface area contributed by atoms with Gasteiger partial charge in [-0.2, -0.15) is 0 Å². The van der Waals surface area contributed by atoms with Crippen LogP contribution in [0.3, 0.4) is 0 Å². The van der Waals surface area contributed by atoms with E-state index in [1.165, 1.54) is 6.33 Å². The van der Waals surface area contributed by atoms with Crippen LogP contribution in [0.5, 0.6) is 0 Å². The van der Waals surface area contributed by atoms with Crippen molar-refractivity contribution in [2.45, 2.75) is 32.2 Å². The lowest BCUT2D eigenvalue weighted by atomic mass is 10.0. The number of nitrogens with zero attached hydrogens (tertiary/aromatic N) is 2. The van der Waals surface area contributed by atoms with Crippen LogP contribution in [-0.2, 0) is 9.84 Å². The lowest BCUT2D eigenvalue weighted by Gasteiger charge is -2.17. The van der Waals surface area contributed by atoms with Crippen LogP contribution in [0, 0.1) is 0 Å². The highest BCUT2D eigenvalue weighted by molar-refractivity contribution is 7.91. The SMILES string of the molecule is CC(C)c1c(N)ncnc1NC1CCS(=O)(=O)C1. The van der Waals surface area contributed by atoms with Gasteiger partial charge in [0.1, 0.15) is 18.0 Å². The fourth-order valence-corrected chi connectivity index (χ4v) is 3.87. The van der Waals surface area contributed by atoms with E-state index in [-0.39, 0.29) is 23.5 Å². The van der Waals surface area contributed by atoms with Crippen molar-refractivity contribution in [3.05, 3.63) is 11.9 Å². The molecule has 1 aliphatic rings. The zero-order chi connectivity index (χ0) is 13.3. The number of hydrogen-bond acceptors (Lipinski definition) is 6. The number of nitrogens with two attached hydrogens (primary N) is 1. The topological polar surface area (TPSA) is 98.0 Å². The lowest BCUT2D eigenvalue weighted by molar-refractivity contribution is 0.602. The molecule has 18 heavy (non-hydrogen) atoms. The fourth-order valence-electron chi connectivity index (χ4n) is 2.20. The predicted molar refractivity (Wildman–Crippen MR) is 71.2 cm³/mol. The number of anilines is 2. The van der Waals surface area contributed by atoms with E-state index in [0.29, 0.717) is 18.1 Å². The number of nitrogen functional groups attached to an aromatic ring is 1. The summed E-state index contributed by atoms with van der Waals surface area (Å²) in [5.74, 6) is 1.69. The monoisotopic (exact) mass is 270 g/mol. The van der Waals surface area contributed by atoms with E-state index in [4.69, 9.17) is 5.73 Å². The molecular weight excluding hydrogens is 252 g/mol. The minimum Gasteiger partial charge on any atom is -0.383 e. The molecule has 6 nitrogen and oxygen atoms in total. The molecule has 0 spiro atoms. The Morgan fingerprint density at radius 1 is 1.44 bits per heavy atom. The molecule has 1 atom stereocenters. The van der Waals surface area contributed by atoms with Gasteiger partial charge < -0.3 is 11.1 Å². The molecule has 0 bridgehead atoms. The number of nitrogens with one attached hydrogen (secondary N) is 1. The summed E-state index contributed by atoms with van der Waals surface area (Å²) in [5.41, 5.74) is 6.69. The van der Waals surface area contributed by atoms with Gasteiger partial charge in [0.15, 0.2) is 9.84 Å². The largest absolute Gasteiger partial charge is 0.383 e. The Morgan fingerprint density at radius 3 is 2.72 bits per heavy atom. The second kappa shape index (κ2) is 4.72. The number of aromatic nitrogens is 2. The Kier molecular flexibility index (Phi) is 3.43. The van der Waals surface area contributed by atoms with Gasteiger partial charge in [0.25, 0.3) is 0 Å². The van der Waals surface area contributed by atoms with Crippen LogP contribution in [0.25, 0.3) is 0 Å². The number of sulfone groups is 1. The first-order valence-corrected chi connectivity index (χ1v) is 7.78. The van der Waals surface area contributed by atoms with Crippen molar-refractivity contribution in [3.63, 3.8) is 0 Å². The lowest BCUT2D eigenvalue weighted by Crippen LogP contribution is -2.23. The summed E-state index contributed by atoms with van der Waals surface area (Å²) in [4.78, 5) is 8.15. The van der Waals surface area contributed by atoms with Gasteiger partial charge in [-0.3, -0.25) is 0 Å². The molecule has 2 rings (SSSR count). The van der Waals surface area contributed by atoms with Crippen LogP contribution in [-0.4, -0.2) is 35.9 Å². The molecule has 1 aromatic heterocycles. The third-order valence-electron chi connectivity index (χ3n) is 3.07. The van der Waals surface area contributed by atoms with Gasteiger partial charge in [0.05, 0.1) is 11.5 Å². The first-order valence-electron chi connectivity index (χ1n) is 5.96. The summed E-state index contributed by atoms with van der Waals surface area (Å²) in [7, 11) is -2.90. The van der Waals surface area contributed by atoms with Crippen LogP contribution in [0.2, 0.25) is 0 Å². The van der Waals surface area contributed by atoms with E-state index in [1.54, 1.807) is 0 Å². The van der Waals surface area contributed by atoms with Crippen molar-refractivity contribution in [2.24, 2.45) is 0 Å².